The largest absolute Gasteiger partial charge is 0.343 e. The third kappa shape index (κ3) is 5.73. The van der Waals surface area contributed by atoms with Crippen molar-refractivity contribution in [3.05, 3.63) is 65.2 Å². The van der Waals surface area contributed by atoms with Gasteiger partial charge in [-0.05, 0) is 43.3 Å². The molecule has 1 N–H and O–H groups in total. The van der Waals surface area contributed by atoms with Crippen LogP contribution >= 0.6 is 23.5 Å². The summed E-state index contributed by atoms with van der Waals surface area (Å²) in [5, 5.41) is 3.26. The van der Waals surface area contributed by atoms with Crippen LogP contribution in [-0.2, 0) is 0 Å². The first-order chi connectivity index (χ1) is 11.5. The molecule has 0 radical (unpaired) electrons. The minimum Gasteiger partial charge on any atom is -0.343 e. The zero-order valence-electron chi connectivity index (χ0n) is 14.0. The van der Waals surface area contributed by atoms with E-state index in [1.54, 1.807) is 0 Å². The lowest BCUT2D eigenvalue weighted by molar-refractivity contribution is 0.0960. The molecule has 0 bridgehead atoms. The number of benzene rings is 2. The summed E-state index contributed by atoms with van der Waals surface area (Å²) in [5.41, 5.74) is 2.50. The van der Waals surface area contributed by atoms with Crippen molar-refractivity contribution >= 4 is 34.5 Å². The van der Waals surface area contributed by atoms with E-state index < -0.39 is 0 Å². The number of hydrogen-bond acceptors (Lipinski definition) is 4. The molecule has 2 rings (SSSR count). The van der Waals surface area contributed by atoms with Crippen LogP contribution in [0.3, 0.4) is 0 Å². The molecular formula is C19H21NO2S2. The Hall–Kier alpha value is -1.72. The molecule has 0 saturated carbocycles. The van der Waals surface area contributed by atoms with Crippen LogP contribution in [0, 0.1) is 6.92 Å². The van der Waals surface area contributed by atoms with E-state index in [4.69, 9.17) is 0 Å². The highest BCUT2D eigenvalue weighted by atomic mass is 32.2. The number of amides is 1. The average Bonchev–Trinajstić information content (AvgIpc) is 2.55. The number of carbonyl (C=O) groups excluding carboxylic acids is 2. The molecule has 0 fully saturated rings. The quantitative estimate of drug-likeness (QED) is 0.597. The second kappa shape index (κ2) is 8.94. The summed E-state index contributed by atoms with van der Waals surface area (Å²) < 4.78 is 0. The molecule has 126 valence electrons. The van der Waals surface area contributed by atoms with Gasteiger partial charge in [0.1, 0.15) is 0 Å². The molecule has 0 atom stereocenters. The summed E-state index contributed by atoms with van der Waals surface area (Å²) in [5.74, 6) is 0.406. The first-order valence-electron chi connectivity index (χ1n) is 7.74. The fourth-order valence-corrected chi connectivity index (χ4v) is 3.36. The lowest BCUT2D eigenvalue weighted by Gasteiger charge is -2.07. The summed E-state index contributed by atoms with van der Waals surface area (Å²) in [6.45, 7) is 6.00. The second-order valence-electron chi connectivity index (χ2n) is 5.64. The standard InChI is InChI=1S/C19H21NO2S2/c1-13(2)24-19(22)16-8-10-17(11-9-16)23-12-20-18(21)15-6-4-14(3)5-7-15/h4-11,13H,12H2,1-3H3,(H,20,21). The van der Waals surface area contributed by atoms with Crippen molar-refractivity contribution < 1.29 is 9.59 Å². The predicted molar refractivity (Wildman–Crippen MR) is 103 cm³/mol. The number of nitrogens with one attached hydrogen (secondary N) is 1. The Balaban J connectivity index is 1.83. The summed E-state index contributed by atoms with van der Waals surface area (Å²) >= 11 is 2.86. The number of carbonyl (C=O) groups is 2. The van der Waals surface area contributed by atoms with Gasteiger partial charge >= 0.3 is 0 Å². The maximum Gasteiger partial charge on any atom is 0.251 e. The lowest BCUT2D eigenvalue weighted by atomic mass is 10.1. The van der Waals surface area contributed by atoms with Gasteiger partial charge in [0.2, 0.25) is 5.12 Å². The smallest absolute Gasteiger partial charge is 0.251 e. The second-order valence-corrected chi connectivity index (χ2v) is 8.24. The Morgan fingerprint density at radius 2 is 1.54 bits per heavy atom. The van der Waals surface area contributed by atoms with E-state index in [1.807, 2.05) is 69.3 Å². The molecule has 0 spiro atoms. The van der Waals surface area contributed by atoms with E-state index in [9.17, 15) is 9.59 Å². The highest BCUT2D eigenvalue weighted by Gasteiger charge is 2.09. The molecule has 2 aromatic carbocycles. The number of hydrogen-bond donors (Lipinski definition) is 1. The maximum absolute atomic E-state index is 12.0. The van der Waals surface area contributed by atoms with Crippen LogP contribution in [0.25, 0.3) is 0 Å². The Morgan fingerprint density at radius 1 is 0.958 bits per heavy atom. The van der Waals surface area contributed by atoms with Gasteiger partial charge in [-0.1, -0.05) is 43.3 Å². The molecule has 0 unspecified atom stereocenters. The number of rotatable bonds is 6. The Bertz CT molecular complexity index is 694. The molecule has 5 heteroatoms. The molecule has 0 aliphatic rings. The lowest BCUT2D eigenvalue weighted by Crippen LogP contribution is -2.22. The highest BCUT2D eigenvalue weighted by molar-refractivity contribution is 8.14. The van der Waals surface area contributed by atoms with Crippen molar-refractivity contribution in [1.29, 1.82) is 0 Å². The number of thioether (sulfide) groups is 2. The summed E-state index contributed by atoms with van der Waals surface area (Å²) in [6.07, 6.45) is 0. The number of aryl methyl sites for hydroxylation is 1. The first kappa shape index (κ1) is 18.6. The highest BCUT2D eigenvalue weighted by Crippen LogP contribution is 2.21. The van der Waals surface area contributed by atoms with E-state index in [0.29, 0.717) is 17.0 Å². The molecule has 2 aromatic rings. The molecular weight excluding hydrogens is 338 g/mol. The van der Waals surface area contributed by atoms with Crippen molar-refractivity contribution in [2.75, 3.05) is 5.88 Å². The maximum atomic E-state index is 12.0. The van der Waals surface area contributed by atoms with Gasteiger partial charge in [-0.3, -0.25) is 9.59 Å². The van der Waals surface area contributed by atoms with E-state index in [1.165, 1.54) is 23.5 Å². The van der Waals surface area contributed by atoms with Crippen molar-refractivity contribution in [1.82, 2.24) is 5.32 Å². The van der Waals surface area contributed by atoms with Gasteiger partial charge in [-0.15, -0.1) is 11.8 Å². The van der Waals surface area contributed by atoms with Crippen LogP contribution in [-0.4, -0.2) is 22.1 Å². The van der Waals surface area contributed by atoms with E-state index >= 15 is 0 Å². The van der Waals surface area contributed by atoms with Crippen molar-refractivity contribution in [3.8, 4) is 0 Å². The van der Waals surface area contributed by atoms with Crippen LogP contribution in [0.2, 0.25) is 0 Å². The summed E-state index contributed by atoms with van der Waals surface area (Å²) in [4.78, 5) is 25.0. The van der Waals surface area contributed by atoms with Crippen LogP contribution < -0.4 is 5.32 Å². The van der Waals surface area contributed by atoms with Crippen LogP contribution in [0.15, 0.2) is 53.4 Å². The van der Waals surface area contributed by atoms with Gasteiger partial charge in [0, 0.05) is 21.3 Å². The van der Waals surface area contributed by atoms with Crippen LogP contribution in [0.1, 0.15) is 40.1 Å². The molecule has 3 nitrogen and oxygen atoms in total. The topological polar surface area (TPSA) is 46.2 Å². The first-order valence-corrected chi connectivity index (χ1v) is 9.61. The summed E-state index contributed by atoms with van der Waals surface area (Å²) in [7, 11) is 0. The molecule has 0 heterocycles. The third-order valence-corrected chi connectivity index (χ3v) is 5.03. The SMILES string of the molecule is Cc1ccc(C(=O)NCSc2ccc(C(=O)SC(C)C)cc2)cc1. The van der Waals surface area contributed by atoms with Gasteiger partial charge in [0.25, 0.3) is 5.91 Å². The van der Waals surface area contributed by atoms with Crippen molar-refractivity contribution in [3.63, 3.8) is 0 Å². The Labute approximate surface area is 151 Å². The molecule has 0 aliphatic carbocycles. The minimum absolute atomic E-state index is 0.0809. The van der Waals surface area contributed by atoms with Crippen LogP contribution in [0.5, 0.6) is 0 Å². The van der Waals surface area contributed by atoms with Crippen molar-refractivity contribution in [2.45, 2.75) is 30.9 Å². The van der Waals surface area contributed by atoms with Gasteiger partial charge in [0.15, 0.2) is 0 Å². The molecule has 0 saturated heterocycles. The minimum atomic E-state index is -0.0809. The van der Waals surface area contributed by atoms with Gasteiger partial charge in [0.05, 0.1) is 5.88 Å². The van der Waals surface area contributed by atoms with Crippen LogP contribution in [0.4, 0.5) is 0 Å². The normalized spacial score (nSPS) is 10.7. The Kier molecular flexibility index (Phi) is 6.94. The third-order valence-electron chi connectivity index (χ3n) is 3.22. The molecule has 0 aliphatic heterocycles. The Morgan fingerprint density at radius 3 is 2.12 bits per heavy atom. The molecule has 24 heavy (non-hydrogen) atoms. The van der Waals surface area contributed by atoms with Crippen molar-refractivity contribution in [2.24, 2.45) is 0 Å². The van der Waals surface area contributed by atoms with Gasteiger partial charge in [-0.25, -0.2) is 0 Å². The fraction of sp³-hybridized carbons (Fsp3) is 0.263. The van der Waals surface area contributed by atoms with E-state index in [0.717, 1.165) is 10.5 Å². The fourth-order valence-electron chi connectivity index (χ4n) is 1.96. The van der Waals surface area contributed by atoms with Gasteiger partial charge in [-0.2, -0.15) is 0 Å². The van der Waals surface area contributed by atoms with Gasteiger partial charge < -0.3 is 5.32 Å². The summed E-state index contributed by atoms with van der Waals surface area (Å²) in [6, 6.07) is 15.0. The van der Waals surface area contributed by atoms with E-state index in [2.05, 4.69) is 5.32 Å². The van der Waals surface area contributed by atoms with E-state index in [-0.39, 0.29) is 16.3 Å². The molecule has 1 amide bonds. The predicted octanol–water partition coefficient (Wildman–Crippen LogP) is 4.76. The zero-order chi connectivity index (χ0) is 17.5. The monoisotopic (exact) mass is 359 g/mol. The zero-order valence-corrected chi connectivity index (χ0v) is 15.7. The average molecular weight is 360 g/mol. The molecule has 0 aromatic heterocycles.